The second-order valence-corrected chi connectivity index (χ2v) is 7.72. The lowest BCUT2D eigenvalue weighted by Gasteiger charge is -2.46. The van der Waals surface area contributed by atoms with Crippen molar-refractivity contribution in [2.75, 3.05) is 6.61 Å². The van der Waals surface area contributed by atoms with Crippen molar-refractivity contribution in [2.24, 2.45) is 5.14 Å². The zero-order valence-corrected chi connectivity index (χ0v) is 13.1. The Morgan fingerprint density at radius 1 is 1.38 bits per heavy atom. The standard InChI is InChI=1S/C14H18ClNO4S/c15-10-2-3-12(13(8-10)21(16,17)18)20-11-4-7-19-14(9-11)5-1-6-14/h2-3,8,11H,1,4-7,9H2,(H2,16,17,18). The third-order valence-corrected chi connectivity index (χ3v) is 5.39. The molecular formula is C14H18ClNO4S. The third kappa shape index (κ3) is 3.18. The lowest BCUT2D eigenvalue weighted by Crippen LogP contribution is -2.48. The van der Waals surface area contributed by atoms with Crippen LogP contribution >= 0.6 is 11.6 Å². The summed E-state index contributed by atoms with van der Waals surface area (Å²) in [7, 11) is -3.87. The second kappa shape index (κ2) is 5.43. The molecule has 2 fully saturated rings. The fourth-order valence-corrected chi connectivity index (χ4v) is 3.91. The number of sulfonamides is 1. The molecule has 1 aliphatic carbocycles. The number of nitrogens with two attached hydrogens (primary N) is 1. The molecule has 0 aromatic heterocycles. The molecule has 0 bridgehead atoms. The zero-order valence-electron chi connectivity index (χ0n) is 11.5. The second-order valence-electron chi connectivity index (χ2n) is 5.75. The molecule has 5 nitrogen and oxygen atoms in total. The first kappa shape index (κ1) is 15.1. The molecule has 1 aliphatic heterocycles. The molecule has 21 heavy (non-hydrogen) atoms. The Morgan fingerprint density at radius 2 is 2.14 bits per heavy atom. The number of ether oxygens (including phenoxy) is 2. The molecule has 1 spiro atoms. The lowest BCUT2D eigenvalue weighted by atomic mass is 9.74. The van der Waals surface area contributed by atoms with Crippen LogP contribution in [0.2, 0.25) is 5.02 Å². The predicted molar refractivity (Wildman–Crippen MR) is 79.0 cm³/mol. The summed E-state index contributed by atoms with van der Waals surface area (Å²) in [5.74, 6) is 0.267. The molecule has 1 aromatic rings. The lowest BCUT2D eigenvalue weighted by molar-refractivity contribution is -0.153. The summed E-state index contributed by atoms with van der Waals surface area (Å²) in [6.07, 6.45) is 4.76. The number of rotatable bonds is 3. The van der Waals surface area contributed by atoms with E-state index in [1.54, 1.807) is 12.1 Å². The van der Waals surface area contributed by atoms with Gasteiger partial charge >= 0.3 is 0 Å². The van der Waals surface area contributed by atoms with E-state index >= 15 is 0 Å². The average Bonchev–Trinajstić information content (AvgIpc) is 2.38. The molecule has 3 rings (SSSR count). The van der Waals surface area contributed by atoms with Crippen LogP contribution in [-0.2, 0) is 14.8 Å². The Kier molecular flexibility index (Phi) is 3.90. The van der Waals surface area contributed by atoms with Gasteiger partial charge in [0.25, 0.3) is 0 Å². The van der Waals surface area contributed by atoms with E-state index in [1.807, 2.05) is 0 Å². The molecule has 1 unspecified atom stereocenters. The SMILES string of the molecule is NS(=O)(=O)c1cc(Cl)ccc1OC1CCOC2(CCC2)C1. The molecule has 1 saturated carbocycles. The van der Waals surface area contributed by atoms with Crippen molar-refractivity contribution in [3.05, 3.63) is 23.2 Å². The monoisotopic (exact) mass is 331 g/mol. The van der Waals surface area contributed by atoms with Gasteiger partial charge in [0.2, 0.25) is 10.0 Å². The summed E-state index contributed by atoms with van der Waals surface area (Å²) in [6, 6.07) is 4.49. The van der Waals surface area contributed by atoms with Crippen LogP contribution in [0.3, 0.4) is 0 Å². The number of primary sulfonamides is 1. The Hall–Kier alpha value is -0.820. The van der Waals surface area contributed by atoms with E-state index in [0.29, 0.717) is 11.6 Å². The van der Waals surface area contributed by atoms with Gasteiger partial charge in [-0.3, -0.25) is 0 Å². The van der Waals surface area contributed by atoms with E-state index in [4.69, 9.17) is 26.2 Å². The minimum atomic E-state index is -3.87. The summed E-state index contributed by atoms with van der Waals surface area (Å²) in [5.41, 5.74) is -0.0584. The van der Waals surface area contributed by atoms with E-state index in [0.717, 1.165) is 25.7 Å². The molecular weight excluding hydrogens is 314 g/mol. The van der Waals surface area contributed by atoms with Crippen LogP contribution in [0.1, 0.15) is 32.1 Å². The zero-order chi connectivity index (χ0) is 15.1. The fourth-order valence-electron chi connectivity index (χ4n) is 2.98. The predicted octanol–water partition coefficient (Wildman–Crippen LogP) is 2.47. The summed E-state index contributed by atoms with van der Waals surface area (Å²) in [5, 5.41) is 5.54. The van der Waals surface area contributed by atoms with E-state index in [9.17, 15) is 8.42 Å². The molecule has 1 heterocycles. The maximum absolute atomic E-state index is 11.7. The molecule has 0 amide bonds. The van der Waals surface area contributed by atoms with Gasteiger partial charge < -0.3 is 9.47 Å². The minimum absolute atomic E-state index is 0.0549. The average molecular weight is 332 g/mol. The van der Waals surface area contributed by atoms with Gasteiger partial charge in [0, 0.05) is 17.9 Å². The fraction of sp³-hybridized carbons (Fsp3) is 0.571. The molecule has 1 atom stereocenters. The van der Waals surface area contributed by atoms with Crippen molar-refractivity contribution in [1.29, 1.82) is 0 Å². The summed E-state index contributed by atoms with van der Waals surface area (Å²) in [4.78, 5) is -0.0656. The summed E-state index contributed by atoms with van der Waals surface area (Å²) >= 11 is 5.85. The molecule has 1 saturated heterocycles. The van der Waals surface area contributed by atoms with Crippen molar-refractivity contribution in [3.63, 3.8) is 0 Å². The first-order chi connectivity index (χ1) is 9.88. The Morgan fingerprint density at radius 3 is 2.76 bits per heavy atom. The van der Waals surface area contributed by atoms with Crippen LogP contribution in [-0.4, -0.2) is 26.7 Å². The maximum Gasteiger partial charge on any atom is 0.241 e. The Bertz CT molecular complexity index is 642. The van der Waals surface area contributed by atoms with Gasteiger partial charge in [-0.2, -0.15) is 0 Å². The van der Waals surface area contributed by atoms with Crippen LogP contribution in [0.4, 0.5) is 0 Å². The molecule has 116 valence electrons. The van der Waals surface area contributed by atoms with E-state index in [1.165, 1.54) is 12.5 Å². The Labute approximate surface area is 129 Å². The Balaban J connectivity index is 1.81. The highest BCUT2D eigenvalue weighted by atomic mass is 35.5. The van der Waals surface area contributed by atoms with Crippen molar-refractivity contribution in [2.45, 2.75) is 48.7 Å². The highest BCUT2D eigenvalue weighted by Crippen LogP contribution is 2.43. The van der Waals surface area contributed by atoms with Gasteiger partial charge in [-0.05, 0) is 37.5 Å². The number of hydrogen-bond donors (Lipinski definition) is 1. The first-order valence-electron chi connectivity index (χ1n) is 7.01. The number of hydrogen-bond acceptors (Lipinski definition) is 4. The van der Waals surface area contributed by atoms with Gasteiger partial charge in [-0.25, -0.2) is 13.6 Å². The minimum Gasteiger partial charge on any atom is -0.489 e. The van der Waals surface area contributed by atoms with Crippen molar-refractivity contribution < 1.29 is 17.9 Å². The van der Waals surface area contributed by atoms with Crippen molar-refractivity contribution in [1.82, 2.24) is 0 Å². The quantitative estimate of drug-likeness (QED) is 0.922. The topological polar surface area (TPSA) is 78.6 Å². The van der Waals surface area contributed by atoms with Crippen LogP contribution in [0.5, 0.6) is 5.75 Å². The van der Waals surface area contributed by atoms with Crippen LogP contribution in [0.25, 0.3) is 0 Å². The van der Waals surface area contributed by atoms with Crippen molar-refractivity contribution in [3.8, 4) is 5.75 Å². The van der Waals surface area contributed by atoms with E-state index < -0.39 is 10.0 Å². The normalized spacial score (nSPS) is 24.6. The maximum atomic E-state index is 11.7. The van der Waals surface area contributed by atoms with Gasteiger partial charge in [0.1, 0.15) is 16.7 Å². The van der Waals surface area contributed by atoms with Gasteiger partial charge in [0.15, 0.2) is 0 Å². The molecule has 7 heteroatoms. The van der Waals surface area contributed by atoms with Crippen LogP contribution < -0.4 is 9.88 Å². The summed E-state index contributed by atoms with van der Waals surface area (Å²) in [6.45, 7) is 0.642. The number of benzene rings is 1. The summed E-state index contributed by atoms with van der Waals surface area (Å²) < 4.78 is 35.1. The number of halogens is 1. The highest BCUT2D eigenvalue weighted by Gasteiger charge is 2.43. The highest BCUT2D eigenvalue weighted by molar-refractivity contribution is 7.89. The molecule has 2 aliphatic rings. The molecule has 0 radical (unpaired) electrons. The van der Waals surface area contributed by atoms with Crippen LogP contribution in [0, 0.1) is 0 Å². The van der Waals surface area contributed by atoms with Crippen LogP contribution in [0.15, 0.2) is 23.1 Å². The first-order valence-corrected chi connectivity index (χ1v) is 8.93. The van der Waals surface area contributed by atoms with E-state index in [2.05, 4.69) is 0 Å². The van der Waals surface area contributed by atoms with Gasteiger partial charge in [-0.15, -0.1) is 0 Å². The smallest absolute Gasteiger partial charge is 0.241 e. The largest absolute Gasteiger partial charge is 0.489 e. The third-order valence-electron chi connectivity index (χ3n) is 4.22. The van der Waals surface area contributed by atoms with Gasteiger partial charge in [-0.1, -0.05) is 11.6 Å². The van der Waals surface area contributed by atoms with Gasteiger partial charge in [0.05, 0.1) is 12.2 Å². The van der Waals surface area contributed by atoms with E-state index in [-0.39, 0.29) is 22.4 Å². The molecule has 1 aromatic carbocycles. The molecule has 2 N–H and O–H groups in total. The van der Waals surface area contributed by atoms with Crippen molar-refractivity contribution >= 4 is 21.6 Å².